The summed E-state index contributed by atoms with van der Waals surface area (Å²) in [7, 11) is 1.59. The van der Waals surface area contributed by atoms with Crippen LogP contribution in [-0.4, -0.2) is 35.3 Å². The first-order valence-electron chi connectivity index (χ1n) is 11.1. The molecule has 0 saturated carbocycles. The molecule has 3 aromatic carbocycles. The maximum atomic E-state index is 13.7. The Morgan fingerprint density at radius 1 is 0.848 bits per heavy atom. The van der Waals surface area contributed by atoms with Gasteiger partial charge in [-0.1, -0.05) is 78.4 Å². The lowest BCUT2D eigenvalue weighted by Gasteiger charge is -2.25. The van der Waals surface area contributed by atoms with E-state index in [1.165, 1.54) is 4.90 Å². The summed E-state index contributed by atoms with van der Waals surface area (Å²) < 4.78 is 5.45. The number of nitrogens with zero attached hydrogens (tertiary/aromatic N) is 2. The molecule has 0 spiro atoms. The molecule has 0 unspecified atom stereocenters. The van der Waals surface area contributed by atoms with Crippen molar-refractivity contribution in [1.82, 2.24) is 9.80 Å². The molecule has 5 heteroatoms. The average Bonchev–Trinajstić information content (AvgIpc) is 3.09. The minimum atomic E-state index is -0.281. The van der Waals surface area contributed by atoms with Crippen LogP contribution in [0, 0.1) is 6.92 Å². The van der Waals surface area contributed by atoms with Gasteiger partial charge in [-0.15, -0.1) is 0 Å². The van der Waals surface area contributed by atoms with Gasteiger partial charge < -0.3 is 9.64 Å². The number of methoxy groups -OCH3 is 1. The van der Waals surface area contributed by atoms with Gasteiger partial charge in [-0.05, 0) is 31.0 Å². The highest BCUT2D eigenvalue weighted by molar-refractivity contribution is 6.35. The van der Waals surface area contributed by atoms with Crippen molar-refractivity contribution >= 4 is 17.4 Å². The number of hydrogen-bond donors (Lipinski definition) is 0. The van der Waals surface area contributed by atoms with Crippen molar-refractivity contribution in [2.75, 3.05) is 13.7 Å². The molecule has 1 heterocycles. The first-order chi connectivity index (χ1) is 16.0. The Labute approximate surface area is 194 Å². The van der Waals surface area contributed by atoms with Gasteiger partial charge in [-0.2, -0.15) is 0 Å². The van der Waals surface area contributed by atoms with Crippen LogP contribution >= 0.6 is 0 Å². The summed E-state index contributed by atoms with van der Waals surface area (Å²) in [6, 6.07) is 25.2. The summed E-state index contributed by atoms with van der Waals surface area (Å²) in [5.41, 5.74) is 4.62. The Bertz CT molecular complexity index is 1180. The fourth-order valence-electron chi connectivity index (χ4n) is 4.14. The predicted octanol–water partition coefficient (Wildman–Crippen LogP) is 4.81. The third kappa shape index (κ3) is 4.53. The first kappa shape index (κ1) is 22.3. The molecule has 0 aromatic heterocycles. The maximum Gasteiger partial charge on any atom is 0.278 e. The van der Waals surface area contributed by atoms with Crippen molar-refractivity contribution in [2.45, 2.75) is 26.9 Å². The molecule has 2 amide bonds. The van der Waals surface area contributed by atoms with E-state index in [-0.39, 0.29) is 18.4 Å². The van der Waals surface area contributed by atoms with Gasteiger partial charge in [-0.3, -0.25) is 14.5 Å². The van der Waals surface area contributed by atoms with Gasteiger partial charge in [-0.25, -0.2) is 0 Å². The van der Waals surface area contributed by atoms with Gasteiger partial charge in [0.25, 0.3) is 11.8 Å². The number of carbonyl (C=O) groups excluding carboxylic acids is 2. The number of aryl methyl sites for hydroxylation is 1. The van der Waals surface area contributed by atoms with Crippen LogP contribution in [0.2, 0.25) is 0 Å². The van der Waals surface area contributed by atoms with Crippen molar-refractivity contribution in [2.24, 2.45) is 0 Å². The number of para-hydroxylation sites is 1. The van der Waals surface area contributed by atoms with Crippen LogP contribution in [0.3, 0.4) is 0 Å². The molecular weight excluding hydrogens is 412 g/mol. The summed E-state index contributed by atoms with van der Waals surface area (Å²) in [4.78, 5) is 30.7. The van der Waals surface area contributed by atoms with Crippen LogP contribution in [0.5, 0.6) is 5.75 Å². The van der Waals surface area contributed by atoms with Crippen LogP contribution in [0.25, 0.3) is 5.57 Å². The fourth-order valence-corrected chi connectivity index (χ4v) is 4.14. The van der Waals surface area contributed by atoms with Crippen molar-refractivity contribution < 1.29 is 14.3 Å². The lowest BCUT2D eigenvalue weighted by Crippen LogP contribution is -2.34. The van der Waals surface area contributed by atoms with Crippen molar-refractivity contribution in [1.29, 1.82) is 0 Å². The zero-order valence-corrected chi connectivity index (χ0v) is 19.2. The molecule has 0 bridgehead atoms. The Hall–Kier alpha value is -3.86. The monoisotopic (exact) mass is 440 g/mol. The van der Waals surface area contributed by atoms with Crippen molar-refractivity contribution in [3.63, 3.8) is 0 Å². The van der Waals surface area contributed by atoms with Gasteiger partial charge in [0.2, 0.25) is 0 Å². The Morgan fingerprint density at radius 3 is 2.18 bits per heavy atom. The topological polar surface area (TPSA) is 49.9 Å². The van der Waals surface area contributed by atoms with Crippen LogP contribution in [0.4, 0.5) is 0 Å². The zero-order valence-electron chi connectivity index (χ0n) is 19.2. The molecule has 0 atom stereocenters. The minimum Gasteiger partial charge on any atom is -0.496 e. The number of carbonyl (C=O) groups is 2. The third-order valence-corrected chi connectivity index (χ3v) is 5.92. The molecule has 0 N–H and O–H groups in total. The van der Waals surface area contributed by atoms with Gasteiger partial charge >= 0.3 is 0 Å². The molecule has 0 radical (unpaired) electrons. The van der Waals surface area contributed by atoms with Crippen LogP contribution in [0.1, 0.15) is 29.2 Å². The van der Waals surface area contributed by atoms with E-state index in [2.05, 4.69) is 0 Å². The van der Waals surface area contributed by atoms with E-state index in [0.29, 0.717) is 30.1 Å². The second-order valence-electron chi connectivity index (χ2n) is 8.10. The molecule has 0 aliphatic carbocycles. The van der Waals surface area contributed by atoms with Crippen LogP contribution < -0.4 is 4.74 Å². The maximum absolute atomic E-state index is 13.7. The van der Waals surface area contributed by atoms with Gasteiger partial charge in [0, 0.05) is 18.7 Å². The molecular formula is C28H28N2O3. The van der Waals surface area contributed by atoms with Gasteiger partial charge in [0.1, 0.15) is 11.4 Å². The number of imide groups is 1. The molecule has 0 fully saturated rings. The second-order valence-corrected chi connectivity index (χ2v) is 8.10. The smallest absolute Gasteiger partial charge is 0.278 e. The Morgan fingerprint density at radius 2 is 1.52 bits per heavy atom. The molecule has 168 valence electrons. The van der Waals surface area contributed by atoms with Crippen LogP contribution in [0.15, 0.2) is 84.6 Å². The summed E-state index contributed by atoms with van der Waals surface area (Å²) in [6.45, 7) is 5.31. The Kier molecular flexibility index (Phi) is 6.59. The number of likely N-dealkylation sites (N-methyl/N-ethyl adjacent to an activating group) is 1. The number of amides is 2. The van der Waals surface area contributed by atoms with E-state index in [4.69, 9.17) is 4.74 Å². The third-order valence-electron chi connectivity index (χ3n) is 5.92. The molecule has 0 saturated heterocycles. The minimum absolute atomic E-state index is 0.156. The van der Waals surface area contributed by atoms with Crippen LogP contribution in [-0.2, 0) is 22.7 Å². The Balaban J connectivity index is 1.76. The van der Waals surface area contributed by atoms with E-state index in [1.807, 2.05) is 97.6 Å². The average molecular weight is 441 g/mol. The second kappa shape index (κ2) is 9.74. The lowest BCUT2D eigenvalue weighted by atomic mass is 10.0. The molecule has 1 aliphatic rings. The molecule has 1 aliphatic heterocycles. The first-order valence-corrected chi connectivity index (χ1v) is 11.1. The highest BCUT2D eigenvalue weighted by atomic mass is 16.5. The summed E-state index contributed by atoms with van der Waals surface area (Å²) in [6.07, 6.45) is 0. The number of benzene rings is 3. The van der Waals surface area contributed by atoms with Gasteiger partial charge in [0.15, 0.2) is 0 Å². The molecule has 4 rings (SSSR count). The molecule has 33 heavy (non-hydrogen) atoms. The van der Waals surface area contributed by atoms with E-state index < -0.39 is 0 Å². The predicted molar refractivity (Wildman–Crippen MR) is 129 cm³/mol. The lowest BCUT2D eigenvalue weighted by molar-refractivity contribution is -0.138. The number of rotatable bonds is 8. The highest BCUT2D eigenvalue weighted by Gasteiger charge is 2.41. The SMILES string of the molecule is CCN(Cc1ccccc1)C1=C(c2ccc(C)cc2)C(=O)N(Cc2ccccc2OC)C1=O. The quantitative estimate of drug-likeness (QED) is 0.472. The standard InChI is InChI=1S/C28H28N2O3/c1-4-29(18-21-10-6-5-7-11-21)26-25(22-16-14-20(2)15-17-22)27(31)30(28(26)32)19-23-12-8-9-13-24(23)33-3/h5-17H,4,18-19H2,1-3H3. The normalized spacial score (nSPS) is 13.6. The van der Waals surface area contributed by atoms with Crippen molar-refractivity contribution in [3.8, 4) is 5.75 Å². The van der Waals surface area contributed by atoms with Crippen molar-refractivity contribution in [3.05, 3.63) is 107 Å². The van der Waals surface area contributed by atoms with E-state index in [9.17, 15) is 9.59 Å². The summed E-state index contributed by atoms with van der Waals surface area (Å²) >= 11 is 0. The number of hydrogen-bond acceptors (Lipinski definition) is 4. The summed E-state index contributed by atoms with van der Waals surface area (Å²) in [5.74, 6) is 0.0932. The van der Waals surface area contributed by atoms with Gasteiger partial charge in [0.05, 0.1) is 19.2 Å². The van der Waals surface area contributed by atoms with E-state index in [0.717, 1.165) is 22.3 Å². The molecule has 5 nitrogen and oxygen atoms in total. The number of ether oxygens (including phenoxy) is 1. The van der Waals surface area contributed by atoms with E-state index >= 15 is 0 Å². The fraction of sp³-hybridized carbons (Fsp3) is 0.214. The van der Waals surface area contributed by atoms with E-state index in [1.54, 1.807) is 7.11 Å². The highest BCUT2D eigenvalue weighted by Crippen LogP contribution is 2.34. The molecule has 3 aromatic rings. The summed E-state index contributed by atoms with van der Waals surface area (Å²) in [5, 5.41) is 0. The zero-order chi connectivity index (χ0) is 23.4. The largest absolute Gasteiger partial charge is 0.496 e.